The molecule has 0 spiro atoms. The molecule has 1 aliphatic rings. The van der Waals surface area contributed by atoms with E-state index in [0.717, 1.165) is 31.0 Å². The number of nitrogens with one attached hydrogen (secondary N) is 1. The number of para-hydroxylation sites is 1. The van der Waals surface area contributed by atoms with Gasteiger partial charge in [0.25, 0.3) is 5.91 Å². The van der Waals surface area contributed by atoms with E-state index in [9.17, 15) is 18.0 Å². The van der Waals surface area contributed by atoms with Crippen molar-refractivity contribution in [1.29, 1.82) is 0 Å². The molecule has 174 valence electrons. The second-order valence-electron chi connectivity index (χ2n) is 7.68. The Morgan fingerprint density at radius 3 is 2.56 bits per heavy atom. The number of anilines is 2. The number of pyridine rings is 1. The normalized spacial score (nSPS) is 14.4. The number of alkyl halides is 3. The minimum atomic E-state index is -4.44. The first kappa shape index (κ1) is 22.3. The number of carbonyl (C=O) groups excluding carboxylic acids is 1. The van der Waals surface area contributed by atoms with Gasteiger partial charge in [-0.1, -0.05) is 24.3 Å². The van der Waals surface area contributed by atoms with Crippen molar-refractivity contribution in [2.45, 2.75) is 6.18 Å². The molecule has 3 heterocycles. The molecule has 0 atom stereocenters. The average Bonchev–Trinajstić information content (AvgIpc) is 3.29. The van der Waals surface area contributed by atoms with Crippen LogP contribution in [0.25, 0.3) is 20.8 Å². The summed E-state index contributed by atoms with van der Waals surface area (Å²) in [6.07, 6.45) is -4.44. The summed E-state index contributed by atoms with van der Waals surface area (Å²) in [5.74, 6) is 0.761. The lowest BCUT2D eigenvalue weighted by atomic mass is 10.1. The molecule has 1 aliphatic heterocycles. The SMILES string of the molecule is O=C(Nc1cccc(N2CCOCC2)n1)c1cccc2sc(-c3cccc(C(F)(F)F)c3)nc12. The van der Waals surface area contributed by atoms with Crippen LogP contribution in [0.5, 0.6) is 0 Å². The molecule has 5 rings (SSSR count). The van der Waals surface area contributed by atoms with Crippen LogP contribution in [-0.4, -0.2) is 42.2 Å². The number of halogens is 3. The number of nitrogens with zero attached hydrogens (tertiary/aromatic N) is 3. The van der Waals surface area contributed by atoms with Crippen LogP contribution < -0.4 is 10.2 Å². The summed E-state index contributed by atoms with van der Waals surface area (Å²) >= 11 is 1.24. The standard InChI is InChI=1S/C24H19F3N4O2S/c25-24(26,27)16-5-1-4-15(14-16)23-30-21-17(6-2-7-18(21)34-23)22(32)29-19-8-3-9-20(28-19)31-10-12-33-13-11-31/h1-9,14H,10-13H2,(H,28,29,32). The molecule has 4 aromatic rings. The smallest absolute Gasteiger partial charge is 0.378 e. The van der Waals surface area contributed by atoms with Crippen LogP contribution in [0.4, 0.5) is 24.8 Å². The number of hydrogen-bond acceptors (Lipinski definition) is 6. The van der Waals surface area contributed by atoms with Gasteiger partial charge in [-0.15, -0.1) is 11.3 Å². The molecule has 1 amide bonds. The number of rotatable bonds is 4. The zero-order valence-corrected chi connectivity index (χ0v) is 18.6. The number of amides is 1. The molecule has 0 radical (unpaired) electrons. The number of thiazole rings is 1. The molecule has 1 fully saturated rings. The van der Waals surface area contributed by atoms with Gasteiger partial charge in [-0.05, 0) is 36.4 Å². The fourth-order valence-electron chi connectivity index (χ4n) is 3.73. The molecule has 1 N–H and O–H groups in total. The number of benzene rings is 2. The Hall–Kier alpha value is -3.50. The molecule has 0 saturated carbocycles. The van der Waals surface area contributed by atoms with Gasteiger partial charge in [0.1, 0.15) is 16.6 Å². The van der Waals surface area contributed by atoms with Crippen molar-refractivity contribution in [2.75, 3.05) is 36.5 Å². The highest BCUT2D eigenvalue weighted by Crippen LogP contribution is 2.36. The summed E-state index contributed by atoms with van der Waals surface area (Å²) in [6.45, 7) is 2.69. The van der Waals surface area contributed by atoms with Gasteiger partial charge >= 0.3 is 6.18 Å². The second-order valence-corrected chi connectivity index (χ2v) is 8.72. The number of fused-ring (bicyclic) bond motifs is 1. The molecule has 6 nitrogen and oxygen atoms in total. The fraction of sp³-hybridized carbons (Fsp3) is 0.208. The molecular formula is C24H19F3N4O2S. The van der Waals surface area contributed by atoms with Crippen LogP contribution in [0.2, 0.25) is 0 Å². The van der Waals surface area contributed by atoms with Crippen molar-refractivity contribution in [2.24, 2.45) is 0 Å². The highest BCUT2D eigenvalue weighted by atomic mass is 32.1. The molecule has 0 bridgehead atoms. The third-order valence-corrected chi connectivity index (χ3v) is 6.48. The highest BCUT2D eigenvalue weighted by Gasteiger charge is 2.30. The number of ether oxygens (including phenoxy) is 1. The third kappa shape index (κ3) is 4.59. The van der Waals surface area contributed by atoms with E-state index >= 15 is 0 Å². The third-order valence-electron chi connectivity index (χ3n) is 5.41. The van der Waals surface area contributed by atoms with Crippen molar-refractivity contribution < 1.29 is 22.7 Å². The van der Waals surface area contributed by atoms with Gasteiger partial charge in [0.15, 0.2) is 0 Å². The van der Waals surface area contributed by atoms with Crippen LogP contribution in [0.3, 0.4) is 0 Å². The second kappa shape index (κ2) is 9.03. The Labute approximate surface area is 197 Å². The van der Waals surface area contributed by atoms with E-state index in [4.69, 9.17) is 4.74 Å². The predicted molar refractivity (Wildman–Crippen MR) is 125 cm³/mol. The average molecular weight is 485 g/mol. The van der Waals surface area contributed by atoms with Gasteiger partial charge in [0, 0.05) is 18.7 Å². The molecule has 0 aliphatic carbocycles. The topological polar surface area (TPSA) is 67.4 Å². The molecule has 0 unspecified atom stereocenters. The summed E-state index contributed by atoms with van der Waals surface area (Å²) in [5.41, 5.74) is 0.364. The van der Waals surface area contributed by atoms with Gasteiger partial charge in [-0.3, -0.25) is 4.79 Å². The van der Waals surface area contributed by atoms with Crippen LogP contribution >= 0.6 is 11.3 Å². The lowest BCUT2D eigenvalue weighted by Crippen LogP contribution is -2.36. The van der Waals surface area contributed by atoms with Gasteiger partial charge in [-0.2, -0.15) is 13.2 Å². The van der Waals surface area contributed by atoms with Crippen LogP contribution in [0.15, 0.2) is 60.7 Å². The van der Waals surface area contributed by atoms with Crippen molar-refractivity contribution in [3.63, 3.8) is 0 Å². The van der Waals surface area contributed by atoms with Crippen molar-refractivity contribution >= 4 is 39.1 Å². The molecule has 2 aromatic heterocycles. The summed E-state index contributed by atoms with van der Waals surface area (Å²) in [7, 11) is 0. The van der Waals surface area contributed by atoms with Crippen LogP contribution in [-0.2, 0) is 10.9 Å². The number of hydrogen-bond donors (Lipinski definition) is 1. The lowest BCUT2D eigenvalue weighted by Gasteiger charge is -2.28. The van der Waals surface area contributed by atoms with Gasteiger partial charge < -0.3 is 15.0 Å². The minimum Gasteiger partial charge on any atom is -0.378 e. The Bertz CT molecular complexity index is 1350. The molecule has 1 saturated heterocycles. The first-order valence-electron chi connectivity index (χ1n) is 10.6. The van der Waals surface area contributed by atoms with E-state index in [0.29, 0.717) is 45.4 Å². The minimum absolute atomic E-state index is 0.325. The van der Waals surface area contributed by atoms with E-state index in [1.165, 1.54) is 17.4 Å². The van der Waals surface area contributed by atoms with E-state index in [-0.39, 0.29) is 0 Å². The Balaban J connectivity index is 1.42. The summed E-state index contributed by atoms with van der Waals surface area (Å²) < 4.78 is 45.5. The van der Waals surface area contributed by atoms with Crippen LogP contribution in [0.1, 0.15) is 15.9 Å². The maximum atomic E-state index is 13.1. The van der Waals surface area contributed by atoms with Crippen molar-refractivity contribution in [3.8, 4) is 10.6 Å². The lowest BCUT2D eigenvalue weighted by molar-refractivity contribution is -0.137. The first-order chi connectivity index (χ1) is 16.4. The Morgan fingerprint density at radius 1 is 1.00 bits per heavy atom. The van der Waals surface area contributed by atoms with Gasteiger partial charge in [0.2, 0.25) is 0 Å². The first-order valence-corrected chi connectivity index (χ1v) is 11.4. The molecule has 2 aromatic carbocycles. The zero-order valence-electron chi connectivity index (χ0n) is 17.8. The maximum absolute atomic E-state index is 13.1. The Morgan fingerprint density at radius 2 is 1.76 bits per heavy atom. The van der Waals surface area contributed by atoms with E-state index < -0.39 is 17.6 Å². The van der Waals surface area contributed by atoms with Gasteiger partial charge in [0.05, 0.1) is 34.6 Å². The number of morpholine rings is 1. The zero-order chi connectivity index (χ0) is 23.7. The molecule has 10 heteroatoms. The van der Waals surface area contributed by atoms with E-state index in [1.807, 2.05) is 12.1 Å². The van der Waals surface area contributed by atoms with Gasteiger partial charge in [-0.25, -0.2) is 9.97 Å². The summed E-state index contributed by atoms with van der Waals surface area (Å²) in [5, 5.41) is 3.23. The monoisotopic (exact) mass is 484 g/mol. The van der Waals surface area contributed by atoms with E-state index in [1.54, 1.807) is 30.3 Å². The summed E-state index contributed by atoms with van der Waals surface area (Å²) in [4.78, 5) is 24.2. The quantitative estimate of drug-likeness (QED) is 0.416. The largest absolute Gasteiger partial charge is 0.416 e. The maximum Gasteiger partial charge on any atom is 0.416 e. The highest BCUT2D eigenvalue weighted by molar-refractivity contribution is 7.21. The predicted octanol–water partition coefficient (Wildman–Crippen LogP) is 5.47. The molecular weight excluding hydrogens is 465 g/mol. The van der Waals surface area contributed by atoms with Crippen molar-refractivity contribution in [3.05, 3.63) is 71.8 Å². The fourth-order valence-corrected chi connectivity index (χ4v) is 4.72. The van der Waals surface area contributed by atoms with Crippen LogP contribution in [0, 0.1) is 0 Å². The number of aromatic nitrogens is 2. The van der Waals surface area contributed by atoms with Crippen molar-refractivity contribution in [1.82, 2.24) is 9.97 Å². The summed E-state index contributed by atoms with van der Waals surface area (Å²) in [6, 6.07) is 15.6. The molecule has 34 heavy (non-hydrogen) atoms. The Kier molecular flexibility index (Phi) is 5.93. The van der Waals surface area contributed by atoms with E-state index in [2.05, 4.69) is 20.2 Å². The number of carbonyl (C=O) groups is 1.